The molecule has 0 saturated carbocycles. The molecule has 2 heteroatoms. The lowest BCUT2D eigenvalue weighted by Crippen LogP contribution is -2.41. The molecule has 1 aliphatic heterocycles. The van der Waals surface area contributed by atoms with Gasteiger partial charge in [-0.15, -0.1) is 0 Å². The Labute approximate surface area is 81.3 Å². The minimum absolute atomic E-state index is 0.162. The molecule has 0 radical (unpaired) electrons. The summed E-state index contributed by atoms with van der Waals surface area (Å²) in [6.45, 7) is 8.21. The van der Waals surface area contributed by atoms with Crippen molar-refractivity contribution >= 4 is 5.78 Å². The third-order valence-electron chi connectivity index (χ3n) is 3.09. The highest BCUT2D eigenvalue weighted by Crippen LogP contribution is 2.28. The highest BCUT2D eigenvalue weighted by atomic mass is 16.1. The van der Waals surface area contributed by atoms with Gasteiger partial charge in [0.2, 0.25) is 0 Å². The van der Waals surface area contributed by atoms with E-state index in [1.54, 1.807) is 0 Å². The molecule has 1 heterocycles. The van der Waals surface area contributed by atoms with Gasteiger partial charge in [0.15, 0.2) is 5.78 Å². The summed E-state index contributed by atoms with van der Waals surface area (Å²) in [7, 11) is 2.06. The van der Waals surface area contributed by atoms with Crippen molar-refractivity contribution in [3.8, 4) is 0 Å². The van der Waals surface area contributed by atoms with Crippen molar-refractivity contribution in [2.45, 2.75) is 52.6 Å². The van der Waals surface area contributed by atoms with Crippen molar-refractivity contribution in [3.63, 3.8) is 0 Å². The number of hydrogen-bond acceptors (Lipinski definition) is 2. The first kappa shape index (κ1) is 10.7. The van der Waals surface area contributed by atoms with Crippen molar-refractivity contribution in [3.05, 3.63) is 0 Å². The Balaban J connectivity index is 2.69. The molecular formula is C11H21NO. The zero-order valence-electron chi connectivity index (χ0n) is 9.42. The van der Waals surface area contributed by atoms with Crippen molar-refractivity contribution in [1.29, 1.82) is 0 Å². The first-order chi connectivity index (χ1) is 5.84. The lowest BCUT2D eigenvalue weighted by Gasteiger charge is -2.28. The summed E-state index contributed by atoms with van der Waals surface area (Å²) in [5, 5.41) is 0. The van der Waals surface area contributed by atoms with Crippen molar-refractivity contribution in [2.75, 3.05) is 7.05 Å². The third-order valence-corrected chi connectivity index (χ3v) is 3.09. The molecule has 1 rings (SSSR count). The van der Waals surface area contributed by atoms with Crippen LogP contribution in [0.5, 0.6) is 0 Å². The lowest BCUT2D eigenvalue weighted by atomic mass is 9.86. The molecule has 13 heavy (non-hydrogen) atoms. The molecule has 2 atom stereocenters. The van der Waals surface area contributed by atoms with Gasteiger partial charge in [-0.3, -0.25) is 9.69 Å². The standard InChI is InChI=1S/C11H21NO/c1-8-6-7-9(12(8)5)10(13)11(2,3)4/h8-9H,6-7H2,1-5H3. The number of nitrogens with zero attached hydrogens (tertiary/aromatic N) is 1. The summed E-state index contributed by atoms with van der Waals surface area (Å²) >= 11 is 0. The summed E-state index contributed by atoms with van der Waals surface area (Å²) in [5.74, 6) is 0.388. The fourth-order valence-electron chi connectivity index (χ4n) is 1.93. The quantitative estimate of drug-likeness (QED) is 0.620. The van der Waals surface area contributed by atoms with E-state index in [0.29, 0.717) is 11.8 Å². The zero-order valence-corrected chi connectivity index (χ0v) is 9.42. The topological polar surface area (TPSA) is 20.3 Å². The fraction of sp³-hybridized carbons (Fsp3) is 0.909. The van der Waals surface area contributed by atoms with Gasteiger partial charge >= 0.3 is 0 Å². The number of carbonyl (C=O) groups excluding carboxylic acids is 1. The van der Waals surface area contributed by atoms with Crippen LogP contribution in [0.1, 0.15) is 40.5 Å². The van der Waals surface area contributed by atoms with Gasteiger partial charge in [-0.1, -0.05) is 20.8 Å². The summed E-state index contributed by atoms with van der Waals surface area (Å²) < 4.78 is 0. The van der Waals surface area contributed by atoms with E-state index >= 15 is 0 Å². The molecular weight excluding hydrogens is 162 g/mol. The zero-order chi connectivity index (χ0) is 10.2. The molecule has 1 fully saturated rings. The molecule has 0 spiro atoms. The Morgan fingerprint density at radius 3 is 2.15 bits per heavy atom. The SMILES string of the molecule is CC1CCC(C(=O)C(C)(C)C)N1C. The van der Waals surface area contributed by atoms with E-state index in [9.17, 15) is 4.79 Å². The van der Waals surface area contributed by atoms with Gasteiger partial charge in [0.05, 0.1) is 6.04 Å². The second kappa shape index (κ2) is 3.41. The van der Waals surface area contributed by atoms with Crippen molar-refractivity contribution in [2.24, 2.45) is 5.41 Å². The maximum Gasteiger partial charge on any atom is 0.155 e. The Bertz CT molecular complexity index is 205. The largest absolute Gasteiger partial charge is 0.297 e. The Kier molecular flexibility index (Phi) is 2.81. The second-order valence-electron chi connectivity index (χ2n) is 5.22. The van der Waals surface area contributed by atoms with Crippen LogP contribution < -0.4 is 0 Å². The monoisotopic (exact) mass is 183 g/mol. The highest BCUT2D eigenvalue weighted by molar-refractivity contribution is 5.88. The fourth-order valence-corrected chi connectivity index (χ4v) is 1.93. The van der Waals surface area contributed by atoms with Crippen molar-refractivity contribution < 1.29 is 4.79 Å². The summed E-state index contributed by atoms with van der Waals surface area (Å²) in [6.07, 6.45) is 2.19. The molecule has 0 aromatic heterocycles. The van der Waals surface area contributed by atoms with Crippen LogP contribution in [0.25, 0.3) is 0 Å². The molecule has 0 aromatic carbocycles. The molecule has 0 aromatic rings. The lowest BCUT2D eigenvalue weighted by molar-refractivity contribution is -0.130. The number of hydrogen-bond donors (Lipinski definition) is 0. The molecule has 76 valence electrons. The molecule has 2 nitrogen and oxygen atoms in total. The minimum atomic E-state index is -0.191. The summed E-state index contributed by atoms with van der Waals surface area (Å²) in [6, 6.07) is 0.728. The van der Waals surface area contributed by atoms with Gasteiger partial charge in [0.1, 0.15) is 0 Å². The van der Waals surface area contributed by atoms with E-state index in [2.05, 4.69) is 18.9 Å². The molecule has 0 amide bonds. The molecule has 0 N–H and O–H groups in total. The Morgan fingerprint density at radius 1 is 1.31 bits per heavy atom. The van der Waals surface area contributed by atoms with E-state index in [1.807, 2.05) is 20.8 Å². The Morgan fingerprint density at radius 2 is 1.85 bits per heavy atom. The number of rotatable bonds is 1. The smallest absolute Gasteiger partial charge is 0.155 e. The van der Waals surface area contributed by atoms with Crippen LogP contribution in [0.15, 0.2) is 0 Å². The molecule has 2 unspecified atom stereocenters. The average molecular weight is 183 g/mol. The van der Waals surface area contributed by atoms with E-state index in [4.69, 9.17) is 0 Å². The normalized spacial score (nSPS) is 30.8. The van der Waals surface area contributed by atoms with Crippen LogP contribution in [0.3, 0.4) is 0 Å². The Hall–Kier alpha value is -0.370. The summed E-state index contributed by atoms with van der Waals surface area (Å²) in [4.78, 5) is 14.2. The summed E-state index contributed by atoms with van der Waals surface area (Å²) in [5.41, 5.74) is -0.191. The first-order valence-corrected chi connectivity index (χ1v) is 5.10. The first-order valence-electron chi connectivity index (χ1n) is 5.10. The number of likely N-dealkylation sites (tertiary alicyclic amines) is 1. The number of ketones is 1. The number of Topliss-reactive ketones (excluding diaryl/α,β-unsaturated/α-hetero) is 1. The molecule has 0 aliphatic carbocycles. The highest BCUT2D eigenvalue weighted by Gasteiger charge is 2.37. The van der Waals surface area contributed by atoms with E-state index in [0.717, 1.165) is 12.8 Å². The van der Waals surface area contributed by atoms with E-state index in [1.165, 1.54) is 0 Å². The van der Waals surface area contributed by atoms with Gasteiger partial charge < -0.3 is 0 Å². The van der Waals surface area contributed by atoms with Gasteiger partial charge in [-0.2, -0.15) is 0 Å². The van der Waals surface area contributed by atoms with E-state index < -0.39 is 0 Å². The molecule has 1 saturated heterocycles. The third kappa shape index (κ3) is 2.11. The van der Waals surface area contributed by atoms with E-state index in [-0.39, 0.29) is 11.5 Å². The predicted octanol–water partition coefficient (Wildman–Crippen LogP) is 2.08. The van der Waals surface area contributed by atoms with Crippen LogP contribution in [0.2, 0.25) is 0 Å². The maximum absolute atomic E-state index is 12.0. The number of likely N-dealkylation sites (N-methyl/N-ethyl adjacent to an activating group) is 1. The van der Waals surface area contributed by atoms with Crippen molar-refractivity contribution in [1.82, 2.24) is 4.90 Å². The number of carbonyl (C=O) groups is 1. The van der Waals surface area contributed by atoms with Gasteiger partial charge in [-0.05, 0) is 26.8 Å². The van der Waals surface area contributed by atoms with Crippen LogP contribution >= 0.6 is 0 Å². The second-order valence-corrected chi connectivity index (χ2v) is 5.22. The minimum Gasteiger partial charge on any atom is -0.297 e. The van der Waals surface area contributed by atoms with Crippen LogP contribution in [0.4, 0.5) is 0 Å². The van der Waals surface area contributed by atoms with Gasteiger partial charge in [0, 0.05) is 11.5 Å². The van der Waals surface area contributed by atoms with Gasteiger partial charge in [0.25, 0.3) is 0 Å². The van der Waals surface area contributed by atoms with Crippen LogP contribution in [-0.2, 0) is 4.79 Å². The molecule has 0 bridgehead atoms. The van der Waals surface area contributed by atoms with Gasteiger partial charge in [-0.25, -0.2) is 0 Å². The molecule has 1 aliphatic rings. The van der Waals surface area contributed by atoms with Crippen LogP contribution in [0, 0.1) is 5.41 Å². The predicted molar refractivity (Wildman–Crippen MR) is 54.7 cm³/mol. The van der Waals surface area contributed by atoms with Crippen LogP contribution in [-0.4, -0.2) is 29.8 Å². The average Bonchev–Trinajstić information content (AvgIpc) is 2.30. The maximum atomic E-state index is 12.0.